The van der Waals surface area contributed by atoms with Crippen LogP contribution in [0, 0.1) is 0 Å². The zero-order chi connectivity index (χ0) is 21.1. The van der Waals surface area contributed by atoms with Crippen molar-refractivity contribution in [1.29, 1.82) is 0 Å². The van der Waals surface area contributed by atoms with E-state index in [-0.39, 0.29) is 16.9 Å². The fraction of sp³-hybridized carbons (Fsp3) is 0.286. The van der Waals surface area contributed by atoms with Crippen LogP contribution in [0.2, 0.25) is 0 Å². The van der Waals surface area contributed by atoms with Gasteiger partial charge >= 0.3 is 0 Å². The SMILES string of the molecule is CCCCCCOc1ccc(C(=O)NNC(=S)NC(=O)c2ccccc2Br)cc1. The molecular weight excluding hydrogens is 454 g/mol. The number of thiocarbonyl (C=S) groups is 1. The van der Waals surface area contributed by atoms with Crippen LogP contribution in [0.3, 0.4) is 0 Å². The molecule has 2 aromatic rings. The molecule has 0 atom stereocenters. The number of carbonyl (C=O) groups excluding carboxylic acids is 2. The molecule has 0 fully saturated rings. The molecule has 154 valence electrons. The van der Waals surface area contributed by atoms with E-state index in [1.54, 1.807) is 48.5 Å². The number of rotatable bonds is 8. The van der Waals surface area contributed by atoms with Crippen LogP contribution in [-0.2, 0) is 0 Å². The monoisotopic (exact) mass is 477 g/mol. The van der Waals surface area contributed by atoms with Crippen molar-refractivity contribution >= 4 is 45.1 Å². The lowest BCUT2D eigenvalue weighted by Gasteiger charge is -2.12. The maximum Gasteiger partial charge on any atom is 0.269 e. The minimum atomic E-state index is -0.385. The molecule has 0 aliphatic carbocycles. The molecular formula is C21H24BrN3O3S. The zero-order valence-corrected chi connectivity index (χ0v) is 18.6. The first-order chi connectivity index (χ1) is 14.0. The van der Waals surface area contributed by atoms with Crippen molar-refractivity contribution in [3.8, 4) is 5.75 Å². The summed E-state index contributed by atoms with van der Waals surface area (Å²) in [6.45, 7) is 2.83. The predicted molar refractivity (Wildman–Crippen MR) is 121 cm³/mol. The van der Waals surface area contributed by atoms with E-state index in [0.717, 1.165) is 18.6 Å². The van der Waals surface area contributed by atoms with Gasteiger partial charge in [0.15, 0.2) is 5.11 Å². The Morgan fingerprint density at radius 2 is 1.69 bits per heavy atom. The molecule has 0 bridgehead atoms. The van der Waals surface area contributed by atoms with Crippen LogP contribution >= 0.6 is 28.1 Å². The molecule has 0 saturated carbocycles. The maximum atomic E-state index is 12.2. The van der Waals surface area contributed by atoms with E-state index in [1.165, 1.54) is 12.8 Å². The van der Waals surface area contributed by atoms with Crippen molar-refractivity contribution < 1.29 is 14.3 Å². The van der Waals surface area contributed by atoms with Gasteiger partial charge in [-0.1, -0.05) is 38.3 Å². The Balaban J connectivity index is 1.76. The van der Waals surface area contributed by atoms with Gasteiger partial charge in [0.25, 0.3) is 11.8 Å². The zero-order valence-electron chi connectivity index (χ0n) is 16.2. The lowest BCUT2D eigenvalue weighted by molar-refractivity contribution is 0.0934. The second-order valence-electron chi connectivity index (χ2n) is 6.28. The Labute approximate surface area is 184 Å². The number of unbranched alkanes of at least 4 members (excludes halogenated alkanes) is 3. The third kappa shape index (κ3) is 7.83. The van der Waals surface area contributed by atoms with Crippen LogP contribution in [0.1, 0.15) is 53.3 Å². The molecule has 2 amide bonds. The number of hydrazine groups is 1. The van der Waals surface area contributed by atoms with Crippen molar-refractivity contribution in [3.05, 3.63) is 64.1 Å². The van der Waals surface area contributed by atoms with Gasteiger partial charge in [0, 0.05) is 10.0 Å². The summed E-state index contributed by atoms with van der Waals surface area (Å²) < 4.78 is 6.31. The van der Waals surface area contributed by atoms with Crippen LogP contribution in [-0.4, -0.2) is 23.5 Å². The quantitative estimate of drug-likeness (QED) is 0.299. The second-order valence-corrected chi connectivity index (χ2v) is 7.54. The van der Waals surface area contributed by atoms with Gasteiger partial charge in [0.1, 0.15) is 5.75 Å². The Bertz CT molecular complexity index is 843. The van der Waals surface area contributed by atoms with Crippen molar-refractivity contribution in [3.63, 3.8) is 0 Å². The highest BCUT2D eigenvalue weighted by molar-refractivity contribution is 9.10. The van der Waals surface area contributed by atoms with Gasteiger partial charge in [0.05, 0.1) is 12.2 Å². The average molecular weight is 478 g/mol. The van der Waals surface area contributed by atoms with Crippen LogP contribution in [0.25, 0.3) is 0 Å². The summed E-state index contributed by atoms with van der Waals surface area (Å²) in [5, 5.41) is 2.50. The summed E-state index contributed by atoms with van der Waals surface area (Å²) in [5.41, 5.74) is 5.86. The number of halogens is 1. The molecule has 2 rings (SSSR count). The third-order valence-electron chi connectivity index (χ3n) is 4.02. The molecule has 29 heavy (non-hydrogen) atoms. The molecule has 0 aliphatic rings. The topological polar surface area (TPSA) is 79.5 Å². The standard InChI is InChI=1S/C21H24BrN3O3S/c1-2-3-4-7-14-28-16-12-10-15(11-13-16)19(26)24-25-21(29)23-20(27)17-8-5-6-9-18(17)22/h5-6,8-13H,2-4,7,14H2,1H3,(H,24,26)(H2,23,25,27,29). The lowest BCUT2D eigenvalue weighted by atomic mass is 10.2. The average Bonchev–Trinajstić information content (AvgIpc) is 2.72. The largest absolute Gasteiger partial charge is 0.494 e. The molecule has 0 saturated heterocycles. The molecule has 6 nitrogen and oxygen atoms in total. The Morgan fingerprint density at radius 3 is 2.38 bits per heavy atom. The van der Waals surface area contributed by atoms with E-state index >= 15 is 0 Å². The van der Waals surface area contributed by atoms with Crippen molar-refractivity contribution in [2.45, 2.75) is 32.6 Å². The number of ether oxygens (including phenoxy) is 1. The highest BCUT2D eigenvalue weighted by Gasteiger charge is 2.12. The Kier molecular flexibility index (Phi) is 9.59. The molecule has 0 spiro atoms. The lowest BCUT2D eigenvalue weighted by Crippen LogP contribution is -2.48. The van der Waals surface area contributed by atoms with E-state index in [2.05, 4.69) is 39.0 Å². The van der Waals surface area contributed by atoms with Crippen LogP contribution in [0.5, 0.6) is 5.75 Å². The molecule has 3 N–H and O–H groups in total. The van der Waals surface area contributed by atoms with Gasteiger partial charge in [-0.05, 0) is 71.0 Å². The Hall–Kier alpha value is -2.45. The van der Waals surface area contributed by atoms with Gasteiger partial charge in [-0.15, -0.1) is 0 Å². The molecule has 0 aliphatic heterocycles. The van der Waals surface area contributed by atoms with E-state index in [1.807, 2.05) is 0 Å². The first kappa shape index (κ1) is 22.8. The summed E-state index contributed by atoms with van der Waals surface area (Å²) in [7, 11) is 0. The number of benzene rings is 2. The van der Waals surface area contributed by atoms with E-state index in [9.17, 15) is 9.59 Å². The normalized spacial score (nSPS) is 10.1. The minimum absolute atomic E-state index is 0.00821. The first-order valence-corrected chi connectivity index (χ1v) is 10.6. The van der Waals surface area contributed by atoms with Crippen LogP contribution < -0.4 is 20.9 Å². The smallest absolute Gasteiger partial charge is 0.269 e. The van der Waals surface area contributed by atoms with Crippen LogP contribution in [0.4, 0.5) is 0 Å². The summed E-state index contributed by atoms with van der Waals surface area (Å²) in [4.78, 5) is 24.4. The van der Waals surface area contributed by atoms with Crippen molar-refractivity contribution in [2.75, 3.05) is 6.61 Å². The number of hydrogen-bond donors (Lipinski definition) is 3. The maximum absolute atomic E-state index is 12.2. The number of amides is 2. The predicted octanol–water partition coefficient (Wildman–Crippen LogP) is 4.36. The summed E-state index contributed by atoms with van der Waals surface area (Å²) in [5.74, 6) is -0.0381. The minimum Gasteiger partial charge on any atom is -0.494 e. The second kappa shape index (κ2) is 12.2. The van der Waals surface area contributed by atoms with Gasteiger partial charge in [-0.2, -0.15) is 0 Å². The van der Waals surface area contributed by atoms with E-state index < -0.39 is 0 Å². The van der Waals surface area contributed by atoms with Gasteiger partial charge in [0.2, 0.25) is 0 Å². The fourth-order valence-electron chi connectivity index (χ4n) is 2.45. The summed E-state index contributed by atoms with van der Waals surface area (Å²) in [6.07, 6.45) is 4.57. The van der Waals surface area contributed by atoms with Crippen LogP contribution in [0.15, 0.2) is 53.0 Å². The molecule has 0 heterocycles. The first-order valence-electron chi connectivity index (χ1n) is 9.40. The highest BCUT2D eigenvalue weighted by atomic mass is 79.9. The molecule has 0 radical (unpaired) electrons. The van der Waals surface area contributed by atoms with Gasteiger partial charge < -0.3 is 4.74 Å². The molecule has 0 aromatic heterocycles. The molecule has 8 heteroatoms. The van der Waals surface area contributed by atoms with Crippen molar-refractivity contribution in [2.24, 2.45) is 0 Å². The van der Waals surface area contributed by atoms with E-state index in [4.69, 9.17) is 17.0 Å². The molecule has 0 unspecified atom stereocenters. The van der Waals surface area contributed by atoms with Crippen molar-refractivity contribution in [1.82, 2.24) is 16.2 Å². The third-order valence-corrected chi connectivity index (χ3v) is 4.91. The Morgan fingerprint density at radius 1 is 0.966 bits per heavy atom. The number of nitrogens with one attached hydrogen (secondary N) is 3. The molecule has 2 aromatic carbocycles. The highest BCUT2D eigenvalue weighted by Crippen LogP contribution is 2.15. The van der Waals surface area contributed by atoms with Gasteiger partial charge in [-0.25, -0.2) is 0 Å². The number of hydrogen-bond acceptors (Lipinski definition) is 4. The van der Waals surface area contributed by atoms with E-state index in [0.29, 0.717) is 22.2 Å². The number of carbonyl (C=O) groups is 2. The van der Waals surface area contributed by atoms with Gasteiger partial charge in [-0.3, -0.25) is 25.8 Å². The summed E-state index contributed by atoms with van der Waals surface area (Å²) >= 11 is 8.35. The fourth-order valence-corrected chi connectivity index (χ4v) is 3.06. The summed E-state index contributed by atoms with van der Waals surface area (Å²) in [6, 6.07) is 13.8.